The van der Waals surface area contributed by atoms with Crippen LogP contribution in [-0.4, -0.2) is 40.8 Å². The average molecular weight is 370 g/mol. The lowest BCUT2D eigenvalue weighted by atomic mass is 10.2. The molecule has 0 fully saturated rings. The molecule has 5 nitrogen and oxygen atoms in total. The lowest BCUT2D eigenvalue weighted by molar-refractivity contribution is -0.118. The molecule has 0 atom stereocenters. The van der Waals surface area contributed by atoms with Crippen LogP contribution in [-0.2, 0) is 4.79 Å². The Morgan fingerprint density at radius 1 is 1.30 bits per heavy atom. The second kappa shape index (κ2) is 9.79. The van der Waals surface area contributed by atoms with E-state index in [4.69, 9.17) is 4.74 Å². The molecule has 1 N–H and O–H groups in total. The van der Waals surface area contributed by atoms with Gasteiger partial charge in [-0.2, -0.15) is 0 Å². The van der Waals surface area contributed by atoms with Crippen LogP contribution >= 0.6 is 34.9 Å². The van der Waals surface area contributed by atoms with Gasteiger partial charge in [-0.15, -0.1) is 10.2 Å². The van der Waals surface area contributed by atoms with Crippen LogP contribution < -0.4 is 10.1 Å². The molecule has 8 heteroatoms. The van der Waals surface area contributed by atoms with Gasteiger partial charge in [-0.1, -0.05) is 53.9 Å². The molecule has 1 aromatic heterocycles. The molecule has 0 spiro atoms. The minimum atomic E-state index is -0.0252. The zero-order valence-corrected chi connectivity index (χ0v) is 15.5. The second-order valence-corrected chi connectivity index (χ2v) is 8.28. The van der Waals surface area contributed by atoms with Gasteiger partial charge in [0, 0.05) is 0 Å². The Bertz CT molecular complexity index is 634. The molecule has 23 heavy (non-hydrogen) atoms. The molecule has 0 unspecified atom stereocenters. The van der Waals surface area contributed by atoms with E-state index in [9.17, 15) is 4.79 Å². The van der Waals surface area contributed by atoms with Crippen molar-refractivity contribution in [3.8, 4) is 5.75 Å². The first-order valence-corrected chi connectivity index (χ1v) is 10.0. The maximum atomic E-state index is 11.8. The fourth-order valence-corrected chi connectivity index (χ4v) is 4.43. The molecule has 124 valence electrons. The second-order valence-electron chi connectivity index (χ2n) is 4.57. The molecular formula is C15H19N3O2S3. The van der Waals surface area contributed by atoms with Gasteiger partial charge in [-0.05, 0) is 30.4 Å². The first-order valence-electron chi connectivity index (χ1n) is 7.22. The molecule has 0 radical (unpaired) electrons. The van der Waals surface area contributed by atoms with Gasteiger partial charge in [-0.3, -0.25) is 4.79 Å². The van der Waals surface area contributed by atoms with E-state index >= 15 is 0 Å². The van der Waals surface area contributed by atoms with Crippen molar-refractivity contribution in [2.75, 3.05) is 24.7 Å². The van der Waals surface area contributed by atoms with Gasteiger partial charge < -0.3 is 10.1 Å². The van der Waals surface area contributed by atoms with E-state index in [1.165, 1.54) is 23.1 Å². The standard InChI is InChI=1S/C15H19N3O2S3/c1-3-21-14-17-18-15(23-14)22-10-13(19)16-7-8-20-12-6-4-5-11(2)9-12/h4-6,9H,3,7-8,10H2,1-2H3,(H,16,19). The molecule has 0 bridgehead atoms. The molecule has 0 aliphatic carbocycles. The number of carbonyl (C=O) groups excluding carboxylic acids is 1. The van der Waals surface area contributed by atoms with Crippen LogP contribution in [0.1, 0.15) is 12.5 Å². The fraction of sp³-hybridized carbons (Fsp3) is 0.400. The monoisotopic (exact) mass is 369 g/mol. The van der Waals surface area contributed by atoms with Crippen LogP contribution in [0.15, 0.2) is 32.9 Å². The number of aromatic nitrogens is 2. The number of ether oxygens (including phenoxy) is 1. The predicted octanol–water partition coefficient (Wildman–Crippen LogP) is 3.25. The number of carbonyl (C=O) groups is 1. The highest BCUT2D eigenvalue weighted by molar-refractivity contribution is 8.03. The molecular weight excluding hydrogens is 350 g/mol. The van der Waals surface area contributed by atoms with E-state index in [-0.39, 0.29) is 5.91 Å². The van der Waals surface area contributed by atoms with E-state index in [2.05, 4.69) is 22.4 Å². The highest BCUT2D eigenvalue weighted by Gasteiger charge is 2.08. The number of aryl methyl sites for hydroxylation is 1. The summed E-state index contributed by atoms with van der Waals surface area (Å²) in [5.74, 6) is 2.11. The predicted molar refractivity (Wildman–Crippen MR) is 96.7 cm³/mol. The van der Waals surface area contributed by atoms with E-state index in [1.54, 1.807) is 11.8 Å². The fourth-order valence-electron chi connectivity index (χ4n) is 1.68. The number of hydrogen-bond donors (Lipinski definition) is 1. The summed E-state index contributed by atoms with van der Waals surface area (Å²) in [5, 5.41) is 11.0. The number of nitrogens with one attached hydrogen (secondary N) is 1. The van der Waals surface area contributed by atoms with Crippen LogP contribution in [0, 0.1) is 6.92 Å². The first-order chi connectivity index (χ1) is 11.2. The van der Waals surface area contributed by atoms with E-state index < -0.39 is 0 Å². The molecule has 2 aromatic rings. The third-order valence-electron chi connectivity index (χ3n) is 2.66. The van der Waals surface area contributed by atoms with Crippen LogP contribution in [0.2, 0.25) is 0 Å². The van der Waals surface area contributed by atoms with Crippen LogP contribution in [0.4, 0.5) is 0 Å². The van der Waals surface area contributed by atoms with Crippen LogP contribution in [0.5, 0.6) is 5.75 Å². The summed E-state index contributed by atoms with van der Waals surface area (Å²) in [5.41, 5.74) is 1.15. The Kier molecular flexibility index (Phi) is 7.70. The van der Waals surface area contributed by atoms with Gasteiger partial charge in [0.1, 0.15) is 12.4 Å². The van der Waals surface area contributed by atoms with E-state index in [0.29, 0.717) is 18.9 Å². The van der Waals surface area contributed by atoms with Gasteiger partial charge >= 0.3 is 0 Å². The van der Waals surface area contributed by atoms with Crippen molar-refractivity contribution < 1.29 is 9.53 Å². The lowest BCUT2D eigenvalue weighted by Crippen LogP contribution is -2.29. The first kappa shape index (κ1) is 18.1. The van der Waals surface area contributed by atoms with Crippen LogP contribution in [0.25, 0.3) is 0 Å². The quantitative estimate of drug-likeness (QED) is 0.541. The van der Waals surface area contributed by atoms with E-state index in [1.807, 2.05) is 31.2 Å². The van der Waals surface area contributed by atoms with Crippen molar-refractivity contribution >= 4 is 40.8 Å². The summed E-state index contributed by atoms with van der Waals surface area (Å²) in [7, 11) is 0. The third-order valence-corrected chi connectivity index (χ3v) is 5.74. The summed E-state index contributed by atoms with van der Waals surface area (Å²) in [4.78, 5) is 11.8. The topological polar surface area (TPSA) is 64.1 Å². The molecule has 0 aliphatic heterocycles. The minimum Gasteiger partial charge on any atom is -0.492 e. The number of hydrogen-bond acceptors (Lipinski definition) is 7. The zero-order chi connectivity index (χ0) is 16.5. The molecule has 0 saturated heterocycles. The summed E-state index contributed by atoms with van der Waals surface area (Å²) < 4.78 is 7.36. The number of nitrogens with zero attached hydrogens (tertiary/aromatic N) is 2. The van der Waals surface area contributed by atoms with Gasteiger partial charge in [-0.25, -0.2) is 0 Å². The van der Waals surface area contributed by atoms with Crippen molar-refractivity contribution in [1.29, 1.82) is 0 Å². The number of thioether (sulfide) groups is 2. The normalized spacial score (nSPS) is 10.5. The molecule has 1 heterocycles. The molecule has 2 rings (SSSR count). The zero-order valence-electron chi connectivity index (χ0n) is 13.1. The third kappa shape index (κ3) is 6.80. The minimum absolute atomic E-state index is 0.0252. The highest BCUT2D eigenvalue weighted by atomic mass is 32.2. The van der Waals surface area contributed by atoms with Crippen molar-refractivity contribution in [2.24, 2.45) is 0 Å². The molecule has 0 aliphatic rings. The Labute approximate surface area is 148 Å². The van der Waals surface area contributed by atoms with Crippen molar-refractivity contribution in [3.63, 3.8) is 0 Å². The Hall–Kier alpha value is -1.25. The molecule has 0 saturated carbocycles. The maximum Gasteiger partial charge on any atom is 0.230 e. The lowest BCUT2D eigenvalue weighted by Gasteiger charge is -2.07. The van der Waals surface area contributed by atoms with Gasteiger partial charge in [0.15, 0.2) is 8.68 Å². The van der Waals surface area contributed by atoms with Crippen molar-refractivity contribution in [3.05, 3.63) is 29.8 Å². The van der Waals surface area contributed by atoms with Gasteiger partial charge in [0.25, 0.3) is 0 Å². The smallest absolute Gasteiger partial charge is 0.230 e. The van der Waals surface area contributed by atoms with E-state index in [0.717, 1.165) is 25.7 Å². The SMILES string of the molecule is CCSc1nnc(SCC(=O)NCCOc2cccc(C)c2)s1. The summed E-state index contributed by atoms with van der Waals surface area (Å²) in [6, 6.07) is 7.85. The average Bonchev–Trinajstić information content (AvgIpc) is 2.98. The Morgan fingerprint density at radius 3 is 2.83 bits per heavy atom. The van der Waals surface area contributed by atoms with Crippen LogP contribution in [0.3, 0.4) is 0 Å². The number of amides is 1. The molecule has 1 amide bonds. The summed E-state index contributed by atoms with van der Waals surface area (Å²) in [6.07, 6.45) is 0. The van der Waals surface area contributed by atoms with Gasteiger partial charge in [0.05, 0.1) is 12.3 Å². The van der Waals surface area contributed by atoms with Crippen molar-refractivity contribution in [1.82, 2.24) is 15.5 Å². The Balaban J connectivity index is 1.61. The Morgan fingerprint density at radius 2 is 2.09 bits per heavy atom. The summed E-state index contributed by atoms with van der Waals surface area (Å²) in [6.45, 7) is 5.03. The highest BCUT2D eigenvalue weighted by Crippen LogP contribution is 2.28. The largest absolute Gasteiger partial charge is 0.492 e. The summed E-state index contributed by atoms with van der Waals surface area (Å²) >= 11 is 4.60. The maximum absolute atomic E-state index is 11.8. The number of rotatable bonds is 9. The van der Waals surface area contributed by atoms with Crippen molar-refractivity contribution in [2.45, 2.75) is 22.5 Å². The number of benzene rings is 1. The molecule has 1 aromatic carbocycles. The van der Waals surface area contributed by atoms with Gasteiger partial charge in [0.2, 0.25) is 5.91 Å².